The van der Waals surface area contributed by atoms with Crippen LogP contribution in [0.1, 0.15) is 10.4 Å². The van der Waals surface area contributed by atoms with Crippen LogP contribution in [0.25, 0.3) is 11.0 Å². The number of nitrogens with zero attached hydrogens (tertiary/aromatic N) is 2. The highest BCUT2D eigenvalue weighted by atomic mass is 16.5. The molecule has 23 heavy (non-hydrogen) atoms. The number of anilines is 1. The van der Waals surface area contributed by atoms with Crippen molar-refractivity contribution in [3.63, 3.8) is 0 Å². The lowest BCUT2D eigenvalue weighted by Crippen LogP contribution is -2.13. The number of para-hydroxylation sites is 1. The second kappa shape index (κ2) is 6.31. The molecule has 1 amide bonds. The Morgan fingerprint density at radius 2 is 1.87 bits per heavy atom. The fraction of sp³-hybridized carbons (Fsp3) is 0.118. The third-order valence-electron chi connectivity index (χ3n) is 3.40. The third kappa shape index (κ3) is 2.91. The molecule has 0 aliphatic heterocycles. The average molecular weight is 309 g/mol. The van der Waals surface area contributed by atoms with Crippen molar-refractivity contribution in [3.05, 3.63) is 54.4 Å². The average Bonchev–Trinajstić information content (AvgIpc) is 2.61. The lowest BCUT2D eigenvalue weighted by atomic mass is 10.1. The summed E-state index contributed by atoms with van der Waals surface area (Å²) >= 11 is 0. The number of methoxy groups -OCH3 is 2. The lowest BCUT2D eigenvalue weighted by molar-refractivity contribution is 0.102. The molecule has 6 heteroatoms. The Hall–Kier alpha value is -3.15. The molecule has 1 aromatic heterocycles. The number of benzene rings is 2. The number of hydrogen-bond acceptors (Lipinski definition) is 5. The maximum Gasteiger partial charge on any atom is 0.258 e. The number of amides is 1. The van der Waals surface area contributed by atoms with Crippen molar-refractivity contribution in [2.75, 3.05) is 19.5 Å². The number of carbonyl (C=O) groups is 1. The van der Waals surface area contributed by atoms with Crippen LogP contribution in [-0.4, -0.2) is 30.1 Å². The van der Waals surface area contributed by atoms with E-state index in [0.717, 1.165) is 0 Å². The van der Waals surface area contributed by atoms with E-state index in [4.69, 9.17) is 9.47 Å². The molecule has 3 rings (SSSR count). The minimum atomic E-state index is -0.289. The van der Waals surface area contributed by atoms with Gasteiger partial charge in [0.25, 0.3) is 5.91 Å². The standard InChI is InChI=1S/C17H15N3O3/c1-22-11-6-7-15(23-2)14(10-11)20-17(21)12-4-3-5-13-16(12)19-9-8-18-13/h3-10H,1-2H3,(H,20,21). The van der Waals surface area contributed by atoms with Crippen LogP contribution in [0.4, 0.5) is 5.69 Å². The molecule has 6 nitrogen and oxygen atoms in total. The third-order valence-corrected chi connectivity index (χ3v) is 3.40. The van der Waals surface area contributed by atoms with Gasteiger partial charge in [-0.15, -0.1) is 0 Å². The molecule has 116 valence electrons. The summed E-state index contributed by atoms with van der Waals surface area (Å²) in [4.78, 5) is 21.1. The smallest absolute Gasteiger partial charge is 0.258 e. The topological polar surface area (TPSA) is 73.3 Å². The number of rotatable bonds is 4. The Labute approximate surface area is 133 Å². The van der Waals surface area contributed by atoms with Gasteiger partial charge in [-0.25, -0.2) is 0 Å². The van der Waals surface area contributed by atoms with Crippen molar-refractivity contribution in [2.45, 2.75) is 0 Å². The largest absolute Gasteiger partial charge is 0.497 e. The van der Waals surface area contributed by atoms with Crippen LogP contribution < -0.4 is 14.8 Å². The Balaban J connectivity index is 1.98. The Kier molecular flexibility index (Phi) is 4.05. The molecule has 1 heterocycles. The highest BCUT2D eigenvalue weighted by Gasteiger charge is 2.14. The molecule has 0 spiro atoms. The number of ether oxygens (including phenoxy) is 2. The molecule has 0 saturated heterocycles. The SMILES string of the molecule is COc1ccc(OC)c(NC(=O)c2cccc3nccnc23)c1. The van der Waals surface area contributed by atoms with Crippen molar-refractivity contribution in [2.24, 2.45) is 0 Å². The predicted molar refractivity (Wildman–Crippen MR) is 87.0 cm³/mol. The van der Waals surface area contributed by atoms with E-state index in [1.165, 1.54) is 0 Å². The van der Waals surface area contributed by atoms with Crippen LogP contribution in [0, 0.1) is 0 Å². The summed E-state index contributed by atoms with van der Waals surface area (Å²) in [6.07, 6.45) is 3.15. The van der Waals surface area contributed by atoms with Gasteiger partial charge in [0.15, 0.2) is 0 Å². The van der Waals surface area contributed by atoms with E-state index < -0.39 is 0 Å². The van der Waals surface area contributed by atoms with E-state index >= 15 is 0 Å². The van der Waals surface area contributed by atoms with Gasteiger partial charge in [-0.2, -0.15) is 0 Å². The first kappa shape index (κ1) is 14.8. The van der Waals surface area contributed by atoms with Gasteiger partial charge in [0.05, 0.1) is 31.0 Å². The van der Waals surface area contributed by atoms with Gasteiger partial charge in [0, 0.05) is 18.5 Å². The van der Waals surface area contributed by atoms with E-state index in [1.54, 1.807) is 56.9 Å². The minimum Gasteiger partial charge on any atom is -0.497 e. The maximum absolute atomic E-state index is 12.6. The van der Waals surface area contributed by atoms with Gasteiger partial charge in [0.1, 0.15) is 17.0 Å². The van der Waals surface area contributed by atoms with Crippen LogP contribution in [0.5, 0.6) is 11.5 Å². The van der Waals surface area contributed by atoms with Gasteiger partial charge in [-0.1, -0.05) is 6.07 Å². The fourth-order valence-electron chi connectivity index (χ4n) is 2.28. The Bertz CT molecular complexity index is 859. The van der Waals surface area contributed by atoms with Crippen molar-refractivity contribution < 1.29 is 14.3 Å². The van der Waals surface area contributed by atoms with Gasteiger partial charge >= 0.3 is 0 Å². The van der Waals surface area contributed by atoms with Crippen LogP contribution in [0.15, 0.2) is 48.8 Å². The molecule has 0 atom stereocenters. The minimum absolute atomic E-state index is 0.289. The number of nitrogens with one attached hydrogen (secondary N) is 1. The van der Waals surface area contributed by atoms with E-state index in [9.17, 15) is 4.79 Å². The number of aromatic nitrogens is 2. The number of hydrogen-bond donors (Lipinski definition) is 1. The van der Waals surface area contributed by atoms with Crippen LogP contribution in [-0.2, 0) is 0 Å². The predicted octanol–water partition coefficient (Wildman–Crippen LogP) is 2.90. The molecular weight excluding hydrogens is 294 g/mol. The van der Waals surface area contributed by atoms with Crippen molar-refractivity contribution in [3.8, 4) is 11.5 Å². The molecule has 1 N–H and O–H groups in total. The zero-order valence-corrected chi connectivity index (χ0v) is 12.7. The number of carbonyl (C=O) groups excluding carboxylic acids is 1. The van der Waals surface area contributed by atoms with Crippen LogP contribution in [0.2, 0.25) is 0 Å². The highest BCUT2D eigenvalue weighted by Crippen LogP contribution is 2.29. The molecule has 0 aliphatic carbocycles. The first-order valence-electron chi connectivity index (χ1n) is 6.96. The summed E-state index contributed by atoms with van der Waals surface area (Å²) < 4.78 is 10.5. The van der Waals surface area contributed by atoms with Crippen molar-refractivity contribution >= 4 is 22.6 Å². The lowest BCUT2D eigenvalue weighted by Gasteiger charge is -2.12. The quantitative estimate of drug-likeness (QED) is 0.802. The van der Waals surface area contributed by atoms with E-state index in [1.807, 2.05) is 6.07 Å². The van der Waals surface area contributed by atoms with E-state index in [-0.39, 0.29) is 5.91 Å². The van der Waals surface area contributed by atoms with Gasteiger partial charge < -0.3 is 14.8 Å². The first-order valence-corrected chi connectivity index (χ1v) is 6.96. The zero-order chi connectivity index (χ0) is 16.2. The molecule has 0 radical (unpaired) electrons. The molecule has 0 fully saturated rings. The Morgan fingerprint density at radius 3 is 2.65 bits per heavy atom. The molecular formula is C17H15N3O3. The van der Waals surface area contributed by atoms with Crippen LogP contribution in [0.3, 0.4) is 0 Å². The molecule has 0 bridgehead atoms. The van der Waals surface area contributed by atoms with Gasteiger partial charge in [0.2, 0.25) is 0 Å². The summed E-state index contributed by atoms with van der Waals surface area (Å²) in [5.74, 6) is 0.881. The molecule has 0 unspecified atom stereocenters. The maximum atomic E-state index is 12.6. The first-order chi connectivity index (χ1) is 11.2. The van der Waals surface area contributed by atoms with Crippen molar-refractivity contribution in [1.29, 1.82) is 0 Å². The zero-order valence-electron chi connectivity index (χ0n) is 12.7. The van der Waals surface area contributed by atoms with Gasteiger partial charge in [-0.3, -0.25) is 14.8 Å². The highest BCUT2D eigenvalue weighted by molar-refractivity contribution is 6.11. The summed E-state index contributed by atoms with van der Waals surface area (Å²) in [5.41, 5.74) is 2.19. The summed E-state index contributed by atoms with van der Waals surface area (Å²) in [6.45, 7) is 0. The van der Waals surface area contributed by atoms with E-state index in [2.05, 4.69) is 15.3 Å². The van der Waals surface area contributed by atoms with Gasteiger partial charge in [-0.05, 0) is 24.3 Å². The Morgan fingerprint density at radius 1 is 1.04 bits per heavy atom. The number of fused-ring (bicyclic) bond motifs is 1. The normalized spacial score (nSPS) is 10.3. The second-order valence-electron chi connectivity index (χ2n) is 4.75. The van der Waals surface area contributed by atoms with E-state index in [0.29, 0.717) is 33.8 Å². The van der Waals surface area contributed by atoms with Crippen molar-refractivity contribution in [1.82, 2.24) is 9.97 Å². The monoisotopic (exact) mass is 309 g/mol. The second-order valence-corrected chi connectivity index (χ2v) is 4.75. The molecule has 0 saturated carbocycles. The summed E-state index contributed by atoms with van der Waals surface area (Å²) in [7, 11) is 3.11. The molecule has 2 aromatic carbocycles. The molecule has 0 aliphatic rings. The van der Waals surface area contributed by atoms with Crippen LogP contribution >= 0.6 is 0 Å². The fourth-order valence-corrected chi connectivity index (χ4v) is 2.28. The summed E-state index contributed by atoms with van der Waals surface area (Å²) in [5, 5.41) is 2.83. The summed E-state index contributed by atoms with van der Waals surface area (Å²) in [6, 6.07) is 10.5. The molecule has 3 aromatic rings.